The van der Waals surface area contributed by atoms with E-state index in [4.69, 9.17) is 9.47 Å². The van der Waals surface area contributed by atoms with Crippen molar-refractivity contribution in [1.82, 2.24) is 14.6 Å². The SMILES string of the molecule is COCCOc1ccc(-c2cc3ccc(S(=O)(=O)N[C@H]4CC[C@H](C(=O)N[C@H](CO)C5CC5)CC4)cc3n2C)cc1. The van der Waals surface area contributed by atoms with Crippen molar-refractivity contribution in [3.63, 3.8) is 0 Å². The molecule has 40 heavy (non-hydrogen) atoms. The number of fused-ring (bicyclic) bond motifs is 1. The van der Waals surface area contributed by atoms with Crippen molar-refractivity contribution in [2.75, 3.05) is 26.9 Å². The van der Waals surface area contributed by atoms with Crippen LogP contribution in [-0.4, -0.2) is 63.0 Å². The predicted molar refractivity (Wildman–Crippen MR) is 154 cm³/mol. The molecule has 10 heteroatoms. The Morgan fingerprint density at radius 2 is 1.75 bits per heavy atom. The standard InChI is InChI=1S/C30H39N3O6S/c1-33-28(21-7-12-25(13-8-21)39-16-15-38-2)17-23-9-14-26(18-29(23)33)40(36,37)32-24-10-5-22(6-11-24)30(35)31-27(19-34)20-3-4-20/h7-9,12-14,17-18,20,22,24,27,32,34H,3-6,10-11,15-16,19H2,1-2H3,(H,31,35)/t22-,24-,27-/m1/s1. The largest absolute Gasteiger partial charge is 0.491 e. The molecule has 3 N–H and O–H groups in total. The molecule has 0 radical (unpaired) electrons. The van der Waals surface area contributed by atoms with Crippen molar-refractivity contribution in [1.29, 1.82) is 0 Å². The van der Waals surface area contributed by atoms with Crippen molar-refractivity contribution >= 4 is 26.8 Å². The average molecular weight is 570 g/mol. The number of rotatable bonds is 12. The number of methoxy groups -OCH3 is 1. The minimum Gasteiger partial charge on any atom is -0.491 e. The van der Waals surface area contributed by atoms with Crippen molar-refractivity contribution in [2.45, 2.75) is 55.5 Å². The molecule has 0 saturated heterocycles. The number of aliphatic hydroxyl groups excluding tert-OH is 1. The predicted octanol–water partition coefficient (Wildman–Crippen LogP) is 3.59. The number of amides is 1. The minimum absolute atomic E-state index is 0.0227. The van der Waals surface area contributed by atoms with Crippen LogP contribution in [0.4, 0.5) is 0 Å². The lowest BCUT2D eigenvalue weighted by Crippen LogP contribution is -2.45. The number of carbonyl (C=O) groups is 1. The molecule has 2 aromatic carbocycles. The van der Waals surface area contributed by atoms with Gasteiger partial charge in [-0.05, 0) is 92.5 Å². The van der Waals surface area contributed by atoms with Gasteiger partial charge in [0, 0.05) is 42.7 Å². The Labute approximate surface area is 235 Å². The number of sulfonamides is 1. The Kier molecular flexibility index (Phi) is 8.80. The highest BCUT2D eigenvalue weighted by molar-refractivity contribution is 7.89. The molecular weight excluding hydrogens is 530 g/mol. The van der Waals surface area contributed by atoms with Crippen molar-refractivity contribution in [3.05, 3.63) is 48.5 Å². The van der Waals surface area contributed by atoms with Gasteiger partial charge in [0.1, 0.15) is 12.4 Å². The summed E-state index contributed by atoms with van der Waals surface area (Å²) in [7, 11) is -0.159. The maximum atomic E-state index is 13.3. The van der Waals surface area contributed by atoms with E-state index in [1.165, 1.54) is 0 Å². The van der Waals surface area contributed by atoms with Crippen LogP contribution in [0.2, 0.25) is 0 Å². The molecule has 3 aromatic rings. The fourth-order valence-electron chi connectivity index (χ4n) is 5.59. The summed E-state index contributed by atoms with van der Waals surface area (Å²) >= 11 is 0. The zero-order chi connectivity index (χ0) is 28.3. The van der Waals surface area contributed by atoms with Gasteiger partial charge in [0.2, 0.25) is 15.9 Å². The van der Waals surface area contributed by atoms with Crippen LogP contribution in [0.3, 0.4) is 0 Å². The van der Waals surface area contributed by atoms with E-state index < -0.39 is 10.0 Å². The van der Waals surface area contributed by atoms with Gasteiger partial charge in [-0.3, -0.25) is 4.79 Å². The van der Waals surface area contributed by atoms with Gasteiger partial charge >= 0.3 is 0 Å². The normalized spacial score (nSPS) is 20.4. The zero-order valence-electron chi connectivity index (χ0n) is 23.1. The fraction of sp³-hybridized carbons (Fsp3) is 0.500. The van der Waals surface area contributed by atoms with Gasteiger partial charge in [-0.25, -0.2) is 13.1 Å². The number of ether oxygens (including phenoxy) is 2. The Bertz CT molecular complexity index is 1420. The number of nitrogens with zero attached hydrogens (tertiary/aromatic N) is 1. The first-order chi connectivity index (χ1) is 19.3. The topological polar surface area (TPSA) is 119 Å². The summed E-state index contributed by atoms with van der Waals surface area (Å²) < 4.78 is 42.2. The number of nitrogens with one attached hydrogen (secondary N) is 2. The van der Waals surface area contributed by atoms with Crippen LogP contribution in [-0.2, 0) is 26.6 Å². The van der Waals surface area contributed by atoms with Crippen LogP contribution in [0, 0.1) is 11.8 Å². The number of aliphatic hydroxyl groups is 1. The Morgan fingerprint density at radius 1 is 1.02 bits per heavy atom. The number of hydrogen-bond donors (Lipinski definition) is 3. The molecule has 0 unspecified atom stereocenters. The highest BCUT2D eigenvalue weighted by Crippen LogP contribution is 2.34. The highest BCUT2D eigenvalue weighted by Gasteiger charge is 2.35. The molecule has 5 rings (SSSR count). The molecule has 0 spiro atoms. The molecule has 1 amide bonds. The molecule has 2 aliphatic rings. The molecule has 0 aliphatic heterocycles. The molecule has 2 saturated carbocycles. The van der Waals surface area contributed by atoms with Crippen LogP contribution >= 0.6 is 0 Å². The Balaban J connectivity index is 1.22. The van der Waals surface area contributed by atoms with Gasteiger partial charge in [0.05, 0.1) is 24.2 Å². The first kappa shape index (κ1) is 28.6. The summed E-state index contributed by atoms with van der Waals surface area (Å²) in [6.07, 6.45) is 4.55. The van der Waals surface area contributed by atoms with Crippen LogP contribution < -0.4 is 14.8 Å². The molecule has 2 fully saturated rings. The van der Waals surface area contributed by atoms with Gasteiger partial charge in [0.25, 0.3) is 0 Å². The van der Waals surface area contributed by atoms with Crippen LogP contribution in [0.1, 0.15) is 38.5 Å². The molecule has 9 nitrogen and oxygen atoms in total. The van der Waals surface area contributed by atoms with E-state index in [0.29, 0.717) is 44.8 Å². The van der Waals surface area contributed by atoms with Crippen molar-refractivity contribution < 1.29 is 27.8 Å². The first-order valence-electron chi connectivity index (χ1n) is 14.0. The molecule has 1 heterocycles. The maximum absolute atomic E-state index is 13.3. The second kappa shape index (κ2) is 12.3. The van der Waals surface area contributed by atoms with Crippen molar-refractivity contribution in [2.24, 2.45) is 18.9 Å². The minimum atomic E-state index is -3.73. The summed E-state index contributed by atoms with van der Waals surface area (Å²) in [5.74, 6) is 0.991. The molecular formula is C30H39N3O6S. The van der Waals surface area contributed by atoms with Gasteiger partial charge in [0.15, 0.2) is 0 Å². The smallest absolute Gasteiger partial charge is 0.240 e. The molecule has 216 valence electrons. The summed E-state index contributed by atoms with van der Waals surface area (Å²) in [6.45, 7) is 0.974. The third-order valence-corrected chi connectivity index (χ3v) is 9.69. The Morgan fingerprint density at radius 3 is 2.40 bits per heavy atom. The first-order valence-corrected chi connectivity index (χ1v) is 15.5. The summed E-state index contributed by atoms with van der Waals surface area (Å²) in [4.78, 5) is 12.9. The quantitative estimate of drug-likeness (QED) is 0.287. The van der Waals surface area contributed by atoms with Crippen LogP contribution in [0.15, 0.2) is 53.4 Å². The maximum Gasteiger partial charge on any atom is 0.240 e. The molecule has 1 atom stereocenters. The highest BCUT2D eigenvalue weighted by atomic mass is 32.2. The van der Waals surface area contributed by atoms with E-state index >= 15 is 0 Å². The number of aromatic nitrogens is 1. The van der Waals surface area contributed by atoms with Gasteiger partial charge < -0.3 is 24.5 Å². The van der Waals surface area contributed by atoms with Gasteiger partial charge in [-0.15, -0.1) is 0 Å². The van der Waals surface area contributed by atoms with Crippen molar-refractivity contribution in [3.8, 4) is 17.0 Å². The summed E-state index contributed by atoms with van der Waals surface area (Å²) in [6, 6.07) is 14.7. The van der Waals surface area contributed by atoms with Crippen LogP contribution in [0.25, 0.3) is 22.2 Å². The molecule has 2 aliphatic carbocycles. The lowest BCUT2D eigenvalue weighted by Gasteiger charge is -2.29. The number of carbonyl (C=O) groups excluding carboxylic acids is 1. The average Bonchev–Trinajstić information content (AvgIpc) is 3.75. The van der Waals surface area contributed by atoms with E-state index in [1.807, 2.05) is 41.9 Å². The summed E-state index contributed by atoms with van der Waals surface area (Å²) in [5.41, 5.74) is 2.80. The third kappa shape index (κ3) is 6.52. The summed E-state index contributed by atoms with van der Waals surface area (Å²) in [5, 5.41) is 13.5. The molecule has 1 aromatic heterocycles. The number of hydrogen-bond acceptors (Lipinski definition) is 6. The number of aryl methyl sites for hydroxylation is 1. The third-order valence-electron chi connectivity index (χ3n) is 8.17. The lowest BCUT2D eigenvalue weighted by molar-refractivity contribution is -0.127. The van der Waals surface area contributed by atoms with Gasteiger partial charge in [-0.2, -0.15) is 0 Å². The fourth-order valence-corrected chi connectivity index (χ4v) is 6.92. The van der Waals surface area contributed by atoms with E-state index in [9.17, 15) is 18.3 Å². The molecule has 0 bridgehead atoms. The lowest BCUT2D eigenvalue weighted by atomic mass is 9.85. The second-order valence-corrected chi connectivity index (χ2v) is 12.7. The van der Waals surface area contributed by atoms with E-state index in [-0.39, 0.29) is 35.4 Å². The second-order valence-electron chi connectivity index (χ2n) is 11.0. The van der Waals surface area contributed by atoms with Gasteiger partial charge in [-0.1, -0.05) is 6.07 Å². The van der Waals surface area contributed by atoms with E-state index in [0.717, 1.165) is 40.8 Å². The van der Waals surface area contributed by atoms with Crippen LogP contribution in [0.5, 0.6) is 5.75 Å². The monoisotopic (exact) mass is 569 g/mol. The van der Waals surface area contributed by atoms with E-state index in [2.05, 4.69) is 16.1 Å². The zero-order valence-corrected chi connectivity index (χ0v) is 24.0. The van der Waals surface area contributed by atoms with E-state index in [1.54, 1.807) is 19.2 Å². The number of benzene rings is 2. The Hall–Kier alpha value is -2.92.